The number of amides is 1. The van der Waals surface area contributed by atoms with E-state index in [4.69, 9.17) is 4.42 Å². The Morgan fingerprint density at radius 3 is 2.58 bits per heavy atom. The maximum Gasteiger partial charge on any atom is 0.233 e. The fourth-order valence-corrected chi connectivity index (χ4v) is 3.60. The van der Waals surface area contributed by atoms with Crippen LogP contribution in [0.5, 0.6) is 0 Å². The summed E-state index contributed by atoms with van der Waals surface area (Å²) in [4.78, 5) is 14.2. The van der Waals surface area contributed by atoms with Crippen molar-refractivity contribution < 1.29 is 9.21 Å². The van der Waals surface area contributed by atoms with Gasteiger partial charge in [-0.2, -0.15) is 0 Å². The number of rotatable bonds is 7. The zero-order valence-electron chi connectivity index (χ0n) is 15.2. The third-order valence-electron chi connectivity index (χ3n) is 4.17. The minimum Gasteiger partial charge on any atom is -0.461 e. The number of benzene rings is 1. The number of aromatic nitrogens is 3. The van der Waals surface area contributed by atoms with E-state index in [0.717, 1.165) is 11.3 Å². The smallest absolute Gasteiger partial charge is 0.233 e. The van der Waals surface area contributed by atoms with Gasteiger partial charge in [-0.05, 0) is 44.5 Å². The minimum absolute atomic E-state index is 0.0962. The van der Waals surface area contributed by atoms with Gasteiger partial charge in [-0.3, -0.25) is 9.36 Å². The average Bonchev–Trinajstić information content (AvgIpc) is 3.31. The lowest BCUT2D eigenvalue weighted by Gasteiger charge is -2.18. The van der Waals surface area contributed by atoms with Gasteiger partial charge in [0.2, 0.25) is 11.7 Å². The molecule has 0 aliphatic heterocycles. The summed E-state index contributed by atoms with van der Waals surface area (Å²) in [6.45, 7) is 7.42. The van der Waals surface area contributed by atoms with Gasteiger partial charge >= 0.3 is 0 Å². The molecule has 7 heteroatoms. The van der Waals surface area contributed by atoms with Crippen LogP contribution in [0.2, 0.25) is 0 Å². The Balaban J connectivity index is 1.96. The molecule has 0 unspecified atom stereocenters. The zero-order valence-corrected chi connectivity index (χ0v) is 16.0. The van der Waals surface area contributed by atoms with E-state index in [2.05, 4.69) is 10.2 Å². The third-order valence-corrected chi connectivity index (χ3v) is 5.09. The fraction of sp³-hybridized carbons (Fsp3) is 0.316. The molecule has 0 fully saturated rings. The topological polar surface area (TPSA) is 64.2 Å². The maximum atomic E-state index is 12.4. The number of hydrogen-bond donors (Lipinski definition) is 0. The molecule has 0 bridgehead atoms. The molecule has 26 heavy (non-hydrogen) atoms. The summed E-state index contributed by atoms with van der Waals surface area (Å²) in [6.07, 6.45) is 1.61. The predicted octanol–water partition coefficient (Wildman–Crippen LogP) is 3.80. The van der Waals surface area contributed by atoms with Crippen LogP contribution in [0.4, 0.5) is 0 Å². The van der Waals surface area contributed by atoms with Crippen molar-refractivity contribution >= 4 is 17.7 Å². The summed E-state index contributed by atoms with van der Waals surface area (Å²) in [5.74, 6) is 1.69. The van der Waals surface area contributed by atoms with Crippen LogP contribution >= 0.6 is 11.8 Å². The van der Waals surface area contributed by atoms with Gasteiger partial charge in [-0.1, -0.05) is 30.0 Å². The quantitative estimate of drug-likeness (QED) is 0.592. The van der Waals surface area contributed by atoms with Crippen molar-refractivity contribution in [2.45, 2.75) is 25.9 Å². The predicted molar refractivity (Wildman–Crippen MR) is 102 cm³/mol. The van der Waals surface area contributed by atoms with Gasteiger partial charge in [0.15, 0.2) is 10.9 Å². The Kier molecular flexibility index (Phi) is 5.78. The number of carbonyl (C=O) groups excluding carboxylic acids is 1. The first-order chi connectivity index (χ1) is 12.7. The highest BCUT2D eigenvalue weighted by molar-refractivity contribution is 7.99. The van der Waals surface area contributed by atoms with E-state index in [1.807, 2.05) is 66.6 Å². The average molecular weight is 370 g/mol. The number of thioether (sulfide) groups is 1. The van der Waals surface area contributed by atoms with Gasteiger partial charge in [0.05, 0.1) is 17.7 Å². The van der Waals surface area contributed by atoms with E-state index in [9.17, 15) is 4.79 Å². The summed E-state index contributed by atoms with van der Waals surface area (Å²) >= 11 is 1.39. The first-order valence-corrected chi connectivity index (χ1v) is 9.60. The molecule has 3 aromatic rings. The number of para-hydroxylation sites is 1. The second-order valence-electron chi connectivity index (χ2n) is 5.76. The first kappa shape index (κ1) is 18.3. The van der Waals surface area contributed by atoms with Gasteiger partial charge < -0.3 is 9.32 Å². The molecule has 3 rings (SSSR count). The van der Waals surface area contributed by atoms with Crippen LogP contribution in [-0.2, 0) is 4.79 Å². The molecule has 2 aromatic heterocycles. The molecular formula is C19H22N4O2S. The van der Waals surface area contributed by atoms with Crippen molar-refractivity contribution in [3.63, 3.8) is 0 Å². The van der Waals surface area contributed by atoms with Crippen LogP contribution in [0.1, 0.15) is 19.4 Å². The molecule has 0 saturated carbocycles. The second-order valence-corrected chi connectivity index (χ2v) is 6.70. The molecule has 2 heterocycles. The monoisotopic (exact) mass is 370 g/mol. The Bertz CT molecular complexity index is 870. The Morgan fingerprint density at radius 2 is 1.92 bits per heavy atom. The minimum atomic E-state index is 0.0962. The van der Waals surface area contributed by atoms with Gasteiger partial charge in [-0.25, -0.2) is 0 Å². The van der Waals surface area contributed by atoms with Crippen molar-refractivity contribution in [2.75, 3.05) is 18.8 Å². The van der Waals surface area contributed by atoms with Gasteiger partial charge in [0.1, 0.15) is 0 Å². The first-order valence-electron chi connectivity index (χ1n) is 8.61. The Labute approximate surface area is 157 Å². The van der Waals surface area contributed by atoms with E-state index in [1.165, 1.54) is 11.8 Å². The van der Waals surface area contributed by atoms with E-state index in [0.29, 0.717) is 35.6 Å². The van der Waals surface area contributed by atoms with Crippen LogP contribution in [0.25, 0.3) is 17.3 Å². The molecule has 0 saturated heterocycles. The molecule has 0 spiro atoms. The van der Waals surface area contributed by atoms with Crippen molar-refractivity contribution in [1.82, 2.24) is 19.7 Å². The van der Waals surface area contributed by atoms with E-state index < -0.39 is 0 Å². The number of carbonyl (C=O) groups is 1. The second kappa shape index (κ2) is 8.23. The van der Waals surface area contributed by atoms with Crippen molar-refractivity contribution in [1.29, 1.82) is 0 Å². The molecule has 136 valence electrons. The summed E-state index contributed by atoms with van der Waals surface area (Å²) in [5, 5.41) is 9.30. The largest absolute Gasteiger partial charge is 0.461 e. The molecule has 0 N–H and O–H groups in total. The van der Waals surface area contributed by atoms with Crippen molar-refractivity contribution in [3.05, 3.63) is 48.2 Å². The molecule has 1 aromatic carbocycles. The highest BCUT2D eigenvalue weighted by Crippen LogP contribution is 2.29. The van der Waals surface area contributed by atoms with Crippen LogP contribution in [0, 0.1) is 6.92 Å². The summed E-state index contributed by atoms with van der Waals surface area (Å²) < 4.78 is 7.48. The summed E-state index contributed by atoms with van der Waals surface area (Å²) in [5.41, 5.74) is 2.07. The SMILES string of the molecule is CCN(CC)C(=O)CSc1nnc(-c2ccco2)n1-c1ccccc1C. The van der Waals surface area contributed by atoms with Crippen molar-refractivity contribution in [3.8, 4) is 17.3 Å². The highest BCUT2D eigenvalue weighted by Gasteiger charge is 2.20. The third kappa shape index (κ3) is 3.67. The Morgan fingerprint density at radius 1 is 1.15 bits per heavy atom. The normalized spacial score (nSPS) is 10.9. The van der Waals surface area contributed by atoms with E-state index in [-0.39, 0.29) is 5.91 Å². The lowest BCUT2D eigenvalue weighted by molar-refractivity contribution is -0.127. The van der Waals surface area contributed by atoms with Gasteiger partial charge in [0.25, 0.3) is 0 Å². The molecule has 0 aliphatic rings. The molecule has 0 atom stereocenters. The number of hydrogen-bond acceptors (Lipinski definition) is 5. The highest BCUT2D eigenvalue weighted by atomic mass is 32.2. The lowest BCUT2D eigenvalue weighted by Crippen LogP contribution is -2.31. The van der Waals surface area contributed by atoms with Crippen LogP contribution in [0.3, 0.4) is 0 Å². The van der Waals surface area contributed by atoms with Crippen LogP contribution in [0.15, 0.2) is 52.2 Å². The maximum absolute atomic E-state index is 12.4. The zero-order chi connectivity index (χ0) is 18.5. The summed E-state index contributed by atoms with van der Waals surface area (Å²) in [6, 6.07) is 11.7. The molecule has 6 nitrogen and oxygen atoms in total. The van der Waals surface area contributed by atoms with Crippen LogP contribution in [-0.4, -0.2) is 44.4 Å². The lowest BCUT2D eigenvalue weighted by atomic mass is 10.2. The van der Waals surface area contributed by atoms with Crippen molar-refractivity contribution in [2.24, 2.45) is 0 Å². The van der Waals surface area contributed by atoms with E-state index in [1.54, 1.807) is 6.26 Å². The fourth-order valence-electron chi connectivity index (χ4n) is 2.75. The standard InChI is InChI=1S/C19H22N4O2S/c1-4-22(5-2)17(24)13-26-19-21-20-18(16-11-8-12-25-16)23(19)15-10-7-6-9-14(15)3/h6-12H,4-5,13H2,1-3H3. The molecule has 0 aliphatic carbocycles. The number of furan rings is 1. The summed E-state index contributed by atoms with van der Waals surface area (Å²) in [7, 11) is 0. The molecular weight excluding hydrogens is 348 g/mol. The Hall–Kier alpha value is -2.54. The van der Waals surface area contributed by atoms with E-state index >= 15 is 0 Å². The van der Waals surface area contributed by atoms with Gasteiger partial charge in [0, 0.05) is 13.1 Å². The number of nitrogens with zero attached hydrogens (tertiary/aromatic N) is 4. The number of aryl methyl sites for hydroxylation is 1. The molecule has 1 amide bonds. The van der Waals surface area contributed by atoms with Crippen LogP contribution < -0.4 is 0 Å². The van der Waals surface area contributed by atoms with Gasteiger partial charge in [-0.15, -0.1) is 10.2 Å². The molecule has 0 radical (unpaired) electrons.